The maximum absolute atomic E-state index is 12.4. The summed E-state index contributed by atoms with van der Waals surface area (Å²) in [4.78, 5) is 14.7. The quantitative estimate of drug-likeness (QED) is 0.859. The van der Waals surface area contributed by atoms with E-state index in [4.69, 9.17) is 9.47 Å². The van der Waals surface area contributed by atoms with Gasteiger partial charge in [-0.3, -0.25) is 4.79 Å². The van der Waals surface area contributed by atoms with Gasteiger partial charge in [-0.15, -0.1) is 0 Å². The van der Waals surface area contributed by atoms with Gasteiger partial charge in [-0.2, -0.15) is 0 Å². The van der Waals surface area contributed by atoms with Crippen LogP contribution in [0.15, 0.2) is 60.7 Å². The second kappa shape index (κ2) is 7.08. The summed E-state index contributed by atoms with van der Waals surface area (Å²) >= 11 is 0. The van der Waals surface area contributed by atoms with Gasteiger partial charge >= 0.3 is 0 Å². The Morgan fingerprint density at radius 3 is 2.16 bits per heavy atom. The number of hydrogen-bond donors (Lipinski definition) is 0. The van der Waals surface area contributed by atoms with Gasteiger partial charge in [-0.25, -0.2) is 4.90 Å². The molecule has 1 spiro atoms. The smallest absolute Gasteiger partial charge is 0.237 e. The van der Waals surface area contributed by atoms with Gasteiger partial charge in [0.1, 0.15) is 5.78 Å². The van der Waals surface area contributed by atoms with Crippen molar-refractivity contribution in [2.45, 2.75) is 37.8 Å². The number of carbonyl (C=O) groups excluding carboxylic acids is 1. The fourth-order valence-electron chi connectivity index (χ4n) is 3.88. The molecule has 0 N–H and O–H groups in total. The van der Waals surface area contributed by atoms with E-state index in [0.29, 0.717) is 32.6 Å². The Hall–Kier alpha value is -2.01. The fourth-order valence-corrected chi connectivity index (χ4v) is 3.88. The number of Topliss-reactive ketones (excluding diaryl/α,β-unsaturated/α-hetero) is 1. The van der Waals surface area contributed by atoms with E-state index in [1.165, 1.54) is 11.1 Å². The van der Waals surface area contributed by atoms with Crippen LogP contribution in [-0.4, -0.2) is 35.8 Å². The average molecular weight is 337 g/mol. The Balaban J connectivity index is 1.64. The molecular formula is C21H23NO3. The molecule has 2 saturated heterocycles. The Morgan fingerprint density at radius 1 is 0.920 bits per heavy atom. The van der Waals surface area contributed by atoms with E-state index in [2.05, 4.69) is 29.2 Å². The van der Waals surface area contributed by atoms with E-state index < -0.39 is 5.91 Å². The Kier molecular flexibility index (Phi) is 4.66. The molecule has 2 heterocycles. The van der Waals surface area contributed by atoms with Gasteiger partial charge in [0.2, 0.25) is 5.91 Å². The second-order valence-electron chi connectivity index (χ2n) is 6.79. The lowest BCUT2D eigenvalue weighted by molar-refractivity contribution is -0.282. The lowest BCUT2D eigenvalue weighted by Crippen LogP contribution is -2.59. The van der Waals surface area contributed by atoms with Gasteiger partial charge < -0.3 is 9.47 Å². The lowest BCUT2D eigenvalue weighted by atomic mass is 9.92. The van der Waals surface area contributed by atoms with Crippen molar-refractivity contribution in [2.24, 2.45) is 0 Å². The SMILES string of the molecule is O=C1C[C@@H](Cc2ccccc2)N(Cc2ccccc2)C2(C1)OCCO2. The molecular weight excluding hydrogens is 314 g/mol. The van der Waals surface area contributed by atoms with E-state index in [1.54, 1.807) is 0 Å². The first-order chi connectivity index (χ1) is 12.3. The number of ketones is 1. The highest BCUT2D eigenvalue weighted by molar-refractivity contribution is 5.80. The highest BCUT2D eigenvalue weighted by Gasteiger charge is 2.51. The van der Waals surface area contributed by atoms with Crippen molar-refractivity contribution in [2.75, 3.05) is 13.2 Å². The van der Waals surface area contributed by atoms with Gasteiger partial charge in [0.15, 0.2) is 0 Å². The first-order valence-electron chi connectivity index (χ1n) is 8.89. The maximum Gasteiger partial charge on any atom is 0.237 e. The zero-order valence-electron chi connectivity index (χ0n) is 14.3. The third-order valence-electron chi connectivity index (χ3n) is 5.01. The van der Waals surface area contributed by atoms with E-state index in [-0.39, 0.29) is 11.8 Å². The maximum atomic E-state index is 12.4. The zero-order chi connectivity index (χ0) is 17.1. The molecule has 1 atom stereocenters. The fraction of sp³-hybridized carbons (Fsp3) is 0.381. The number of rotatable bonds is 4. The molecule has 0 radical (unpaired) electrons. The number of ether oxygens (including phenoxy) is 2. The zero-order valence-corrected chi connectivity index (χ0v) is 14.3. The molecule has 2 aliphatic rings. The van der Waals surface area contributed by atoms with Crippen molar-refractivity contribution in [3.63, 3.8) is 0 Å². The van der Waals surface area contributed by atoms with Gasteiger partial charge in [0, 0.05) is 19.0 Å². The predicted molar refractivity (Wildman–Crippen MR) is 94.8 cm³/mol. The molecule has 4 heteroatoms. The van der Waals surface area contributed by atoms with Crippen LogP contribution in [0.4, 0.5) is 0 Å². The molecule has 0 bridgehead atoms. The highest BCUT2D eigenvalue weighted by Crippen LogP contribution is 2.37. The van der Waals surface area contributed by atoms with Crippen molar-refractivity contribution in [1.29, 1.82) is 0 Å². The third-order valence-corrected chi connectivity index (χ3v) is 5.01. The van der Waals surface area contributed by atoms with Crippen LogP contribution in [-0.2, 0) is 27.2 Å². The number of carbonyl (C=O) groups is 1. The van der Waals surface area contributed by atoms with Crippen molar-refractivity contribution >= 4 is 5.78 Å². The van der Waals surface area contributed by atoms with Crippen molar-refractivity contribution in [3.8, 4) is 0 Å². The molecule has 0 unspecified atom stereocenters. The van der Waals surface area contributed by atoms with Crippen LogP contribution >= 0.6 is 0 Å². The molecule has 4 rings (SSSR count). The van der Waals surface area contributed by atoms with E-state index in [9.17, 15) is 4.79 Å². The molecule has 0 amide bonds. The largest absolute Gasteiger partial charge is 0.334 e. The predicted octanol–water partition coefficient (Wildman–Crippen LogP) is 3.16. The van der Waals surface area contributed by atoms with Crippen LogP contribution in [0.3, 0.4) is 0 Å². The van der Waals surface area contributed by atoms with Gasteiger partial charge in [-0.05, 0) is 17.5 Å². The van der Waals surface area contributed by atoms with Crippen LogP contribution < -0.4 is 0 Å². The van der Waals surface area contributed by atoms with Crippen LogP contribution in [0.2, 0.25) is 0 Å². The summed E-state index contributed by atoms with van der Waals surface area (Å²) in [6, 6.07) is 20.7. The Labute approximate surface area is 148 Å². The van der Waals surface area contributed by atoms with Gasteiger partial charge in [0.05, 0.1) is 19.6 Å². The summed E-state index contributed by atoms with van der Waals surface area (Å²) in [6.45, 7) is 1.79. The van der Waals surface area contributed by atoms with Crippen LogP contribution in [0, 0.1) is 0 Å². The summed E-state index contributed by atoms with van der Waals surface area (Å²) in [7, 11) is 0. The number of likely N-dealkylation sites (tertiary alicyclic amines) is 1. The van der Waals surface area contributed by atoms with Gasteiger partial charge in [0.25, 0.3) is 0 Å². The standard InChI is InChI=1S/C21H23NO3/c23-20-14-19(13-17-7-3-1-4-8-17)22(16-18-9-5-2-6-10-18)21(15-20)24-11-12-25-21/h1-10,19H,11-16H2/t19-/m1/s1. The summed E-state index contributed by atoms with van der Waals surface area (Å²) < 4.78 is 12.0. The monoisotopic (exact) mass is 337 g/mol. The summed E-state index contributed by atoms with van der Waals surface area (Å²) in [5.41, 5.74) is 2.43. The molecule has 4 nitrogen and oxygen atoms in total. The highest BCUT2D eigenvalue weighted by atomic mass is 16.8. The molecule has 130 valence electrons. The molecule has 2 fully saturated rings. The topological polar surface area (TPSA) is 38.8 Å². The van der Waals surface area contributed by atoms with Crippen molar-refractivity contribution < 1.29 is 14.3 Å². The summed E-state index contributed by atoms with van der Waals surface area (Å²) in [5, 5.41) is 0. The minimum atomic E-state index is -0.898. The molecule has 2 aromatic rings. The summed E-state index contributed by atoms with van der Waals surface area (Å²) in [6.07, 6.45) is 1.66. The average Bonchev–Trinajstić information content (AvgIpc) is 3.09. The van der Waals surface area contributed by atoms with E-state index in [0.717, 1.165) is 6.42 Å². The van der Waals surface area contributed by atoms with E-state index in [1.807, 2.05) is 36.4 Å². The van der Waals surface area contributed by atoms with Crippen LogP contribution in [0.1, 0.15) is 24.0 Å². The summed E-state index contributed by atoms with van der Waals surface area (Å²) in [5.74, 6) is -0.683. The van der Waals surface area contributed by atoms with Crippen LogP contribution in [0.5, 0.6) is 0 Å². The molecule has 25 heavy (non-hydrogen) atoms. The normalized spacial score (nSPS) is 23.2. The molecule has 2 aliphatic heterocycles. The lowest BCUT2D eigenvalue weighted by Gasteiger charge is -2.46. The molecule has 0 aromatic heterocycles. The third kappa shape index (κ3) is 3.52. The minimum Gasteiger partial charge on any atom is -0.334 e. The second-order valence-corrected chi connectivity index (χ2v) is 6.79. The van der Waals surface area contributed by atoms with Crippen molar-refractivity contribution in [3.05, 3.63) is 71.8 Å². The van der Waals surface area contributed by atoms with Gasteiger partial charge in [-0.1, -0.05) is 60.7 Å². The minimum absolute atomic E-state index is 0.0713. The van der Waals surface area contributed by atoms with Crippen molar-refractivity contribution in [1.82, 2.24) is 4.90 Å². The van der Waals surface area contributed by atoms with Crippen LogP contribution in [0.25, 0.3) is 0 Å². The molecule has 2 aromatic carbocycles. The molecule has 0 aliphatic carbocycles. The number of nitrogens with zero attached hydrogens (tertiary/aromatic N) is 1. The molecule has 0 saturated carbocycles. The Bertz CT molecular complexity index is 710. The number of benzene rings is 2. The first kappa shape index (κ1) is 16.5. The van der Waals surface area contributed by atoms with E-state index >= 15 is 0 Å². The number of hydrogen-bond acceptors (Lipinski definition) is 4. The first-order valence-corrected chi connectivity index (χ1v) is 8.89. The Morgan fingerprint density at radius 2 is 1.52 bits per heavy atom. The number of piperidine rings is 1.